The first kappa shape index (κ1) is 17.7. The third-order valence-corrected chi connectivity index (χ3v) is 4.26. The molecule has 0 aliphatic rings. The Bertz CT molecular complexity index is 723. The molecular formula is C20H23NO3. The minimum Gasteiger partial charge on any atom is -0.480 e. The number of carboxylic acids is 1. The summed E-state index contributed by atoms with van der Waals surface area (Å²) in [5.41, 5.74) is 3.00. The van der Waals surface area contributed by atoms with Crippen LogP contribution in [0.4, 0.5) is 0 Å². The van der Waals surface area contributed by atoms with Crippen LogP contribution in [0.3, 0.4) is 0 Å². The maximum atomic E-state index is 11.3. The monoisotopic (exact) mass is 325 g/mol. The highest BCUT2D eigenvalue weighted by molar-refractivity contribution is 5.82. The van der Waals surface area contributed by atoms with Gasteiger partial charge in [0.25, 0.3) is 0 Å². The molecule has 4 heteroatoms. The summed E-state index contributed by atoms with van der Waals surface area (Å²) in [5, 5.41) is 11.8. The molecule has 24 heavy (non-hydrogen) atoms. The lowest BCUT2D eigenvalue weighted by Crippen LogP contribution is -2.41. The van der Waals surface area contributed by atoms with Crippen LogP contribution >= 0.6 is 0 Å². The molecule has 2 N–H and O–H groups in total. The Balaban J connectivity index is 2.28. The van der Waals surface area contributed by atoms with Crippen molar-refractivity contribution in [2.75, 3.05) is 0 Å². The highest BCUT2D eigenvalue weighted by Crippen LogP contribution is 2.31. The van der Waals surface area contributed by atoms with E-state index in [2.05, 4.69) is 31.3 Å². The normalized spacial score (nSPS) is 12.5. The number of carboxylic acid groups (broad SMARTS) is 1. The molecule has 0 bridgehead atoms. The molecule has 2 aromatic rings. The summed E-state index contributed by atoms with van der Waals surface area (Å²) < 4.78 is 0. The summed E-state index contributed by atoms with van der Waals surface area (Å²) in [6, 6.07) is 17.2. The number of carbonyl (C=O) groups is 2. The van der Waals surface area contributed by atoms with Crippen molar-refractivity contribution in [1.82, 2.24) is 5.32 Å². The highest BCUT2D eigenvalue weighted by atomic mass is 16.4. The lowest BCUT2D eigenvalue weighted by atomic mass is 9.77. The lowest BCUT2D eigenvalue weighted by molar-refractivity contribution is -0.141. The Morgan fingerprint density at radius 2 is 1.67 bits per heavy atom. The van der Waals surface area contributed by atoms with Crippen LogP contribution in [0, 0.1) is 0 Å². The van der Waals surface area contributed by atoms with Gasteiger partial charge in [-0.05, 0) is 16.7 Å². The van der Waals surface area contributed by atoms with E-state index in [4.69, 9.17) is 0 Å². The zero-order valence-corrected chi connectivity index (χ0v) is 14.2. The Morgan fingerprint density at radius 3 is 2.25 bits per heavy atom. The molecule has 0 spiro atoms. The number of rotatable bonds is 6. The van der Waals surface area contributed by atoms with Crippen molar-refractivity contribution in [2.24, 2.45) is 0 Å². The summed E-state index contributed by atoms with van der Waals surface area (Å²) in [6.45, 7) is 5.61. The van der Waals surface area contributed by atoms with E-state index in [1.165, 1.54) is 12.5 Å². The predicted octanol–water partition coefficient (Wildman–Crippen LogP) is 3.14. The van der Waals surface area contributed by atoms with E-state index in [-0.39, 0.29) is 17.7 Å². The van der Waals surface area contributed by atoms with E-state index in [0.29, 0.717) is 0 Å². The number of hydrogen-bond acceptors (Lipinski definition) is 2. The van der Waals surface area contributed by atoms with Crippen LogP contribution in [-0.2, 0) is 21.4 Å². The van der Waals surface area contributed by atoms with Gasteiger partial charge in [0.05, 0.1) is 0 Å². The van der Waals surface area contributed by atoms with E-state index in [0.717, 1.165) is 11.1 Å². The van der Waals surface area contributed by atoms with Crippen molar-refractivity contribution >= 4 is 11.9 Å². The van der Waals surface area contributed by atoms with E-state index < -0.39 is 12.0 Å². The molecule has 2 aromatic carbocycles. The van der Waals surface area contributed by atoms with Crippen LogP contribution in [-0.4, -0.2) is 23.0 Å². The zero-order chi connectivity index (χ0) is 17.7. The fraction of sp³-hybridized carbons (Fsp3) is 0.300. The maximum Gasteiger partial charge on any atom is 0.326 e. The first-order valence-corrected chi connectivity index (χ1v) is 7.95. The molecule has 4 nitrogen and oxygen atoms in total. The van der Waals surface area contributed by atoms with Gasteiger partial charge in [-0.3, -0.25) is 4.79 Å². The predicted molar refractivity (Wildman–Crippen MR) is 94.0 cm³/mol. The Kier molecular flexibility index (Phi) is 5.39. The third kappa shape index (κ3) is 4.22. The molecule has 0 aliphatic carbocycles. The first-order valence-electron chi connectivity index (χ1n) is 7.95. The van der Waals surface area contributed by atoms with Crippen molar-refractivity contribution < 1.29 is 14.7 Å². The lowest BCUT2D eigenvalue weighted by Gasteiger charge is -2.27. The fourth-order valence-corrected chi connectivity index (χ4v) is 2.79. The SMILES string of the molecule is CC(=O)NC(Cc1cccc(C(C)(C)c2ccccc2)c1)C(=O)O. The third-order valence-electron chi connectivity index (χ3n) is 4.26. The number of nitrogens with one attached hydrogen (secondary N) is 1. The van der Waals surface area contributed by atoms with Gasteiger partial charge in [-0.1, -0.05) is 68.4 Å². The van der Waals surface area contributed by atoms with Crippen LogP contribution in [0.25, 0.3) is 0 Å². The highest BCUT2D eigenvalue weighted by Gasteiger charge is 2.24. The van der Waals surface area contributed by atoms with Crippen LogP contribution in [0.5, 0.6) is 0 Å². The van der Waals surface area contributed by atoms with Gasteiger partial charge in [-0.15, -0.1) is 0 Å². The van der Waals surface area contributed by atoms with Crippen LogP contribution in [0.1, 0.15) is 37.5 Å². The maximum absolute atomic E-state index is 11.3. The Labute approximate surface area is 142 Å². The minimum absolute atomic E-state index is 0.190. The van der Waals surface area contributed by atoms with Crippen molar-refractivity contribution in [2.45, 2.75) is 38.6 Å². The number of hydrogen-bond donors (Lipinski definition) is 2. The largest absolute Gasteiger partial charge is 0.480 e. The molecule has 1 unspecified atom stereocenters. The molecule has 0 aliphatic heterocycles. The molecule has 0 aromatic heterocycles. The van der Waals surface area contributed by atoms with E-state index in [1.54, 1.807) is 0 Å². The van der Waals surface area contributed by atoms with Crippen LogP contribution in [0.2, 0.25) is 0 Å². The second kappa shape index (κ2) is 7.30. The summed E-state index contributed by atoms with van der Waals surface area (Å²) in [5.74, 6) is -1.37. The topological polar surface area (TPSA) is 66.4 Å². The quantitative estimate of drug-likeness (QED) is 0.857. The number of benzene rings is 2. The van der Waals surface area contributed by atoms with Crippen LogP contribution < -0.4 is 5.32 Å². The van der Waals surface area contributed by atoms with Crippen molar-refractivity contribution in [3.63, 3.8) is 0 Å². The smallest absolute Gasteiger partial charge is 0.326 e. The molecule has 0 heterocycles. The number of carbonyl (C=O) groups excluding carboxylic acids is 1. The van der Waals surface area contributed by atoms with E-state index >= 15 is 0 Å². The van der Waals surface area contributed by atoms with Gasteiger partial charge in [0.1, 0.15) is 6.04 Å². The summed E-state index contributed by atoms with van der Waals surface area (Å²) in [4.78, 5) is 22.5. The van der Waals surface area contributed by atoms with Gasteiger partial charge in [0, 0.05) is 18.8 Å². The van der Waals surface area contributed by atoms with Gasteiger partial charge in [-0.25, -0.2) is 4.79 Å². The number of amides is 1. The molecular weight excluding hydrogens is 302 g/mol. The molecule has 1 atom stereocenters. The summed E-state index contributed by atoms with van der Waals surface area (Å²) in [7, 11) is 0. The fourth-order valence-electron chi connectivity index (χ4n) is 2.79. The van der Waals surface area contributed by atoms with Gasteiger partial charge in [0.15, 0.2) is 0 Å². The molecule has 126 valence electrons. The molecule has 0 saturated heterocycles. The standard InChI is InChI=1S/C20H23NO3/c1-14(22)21-18(19(23)24)13-15-8-7-11-17(12-15)20(2,3)16-9-5-4-6-10-16/h4-12,18H,13H2,1-3H3,(H,21,22)(H,23,24). The molecule has 1 amide bonds. The second-order valence-corrected chi connectivity index (χ2v) is 6.49. The number of aliphatic carboxylic acids is 1. The molecule has 0 fully saturated rings. The van der Waals surface area contributed by atoms with Crippen molar-refractivity contribution in [3.05, 3.63) is 71.3 Å². The van der Waals surface area contributed by atoms with Gasteiger partial charge in [0.2, 0.25) is 5.91 Å². The minimum atomic E-state index is -1.03. The summed E-state index contributed by atoms with van der Waals surface area (Å²) in [6.07, 6.45) is 0.258. The Morgan fingerprint density at radius 1 is 1.04 bits per heavy atom. The average molecular weight is 325 g/mol. The van der Waals surface area contributed by atoms with E-state index in [1.807, 2.05) is 42.5 Å². The van der Waals surface area contributed by atoms with Crippen LogP contribution in [0.15, 0.2) is 54.6 Å². The molecule has 0 saturated carbocycles. The molecule has 2 rings (SSSR count). The van der Waals surface area contributed by atoms with Gasteiger partial charge in [-0.2, -0.15) is 0 Å². The van der Waals surface area contributed by atoms with E-state index in [9.17, 15) is 14.7 Å². The zero-order valence-electron chi connectivity index (χ0n) is 14.2. The average Bonchev–Trinajstić information content (AvgIpc) is 2.55. The van der Waals surface area contributed by atoms with Gasteiger partial charge >= 0.3 is 5.97 Å². The van der Waals surface area contributed by atoms with Gasteiger partial charge < -0.3 is 10.4 Å². The summed E-state index contributed by atoms with van der Waals surface area (Å²) >= 11 is 0. The van der Waals surface area contributed by atoms with Crippen molar-refractivity contribution in [3.8, 4) is 0 Å². The van der Waals surface area contributed by atoms with Crippen molar-refractivity contribution in [1.29, 1.82) is 0 Å². The Hall–Kier alpha value is -2.62. The second-order valence-electron chi connectivity index (χ2n) is 6.49. The first-order chi connectivity index (χ1) is 11.3. The molecule has 0 radical (unpaired) electrons.